The highest BCUT2D eigenvalue weighted by atomic mass is 32.2. The highest BCUT2D eigenvalue weighted by Crippen LogP contribution is 2.55. The van der Waals surface area contributed by atoms with E-state index in [2.05, 4.69) is 67.6 Å². The molecule has 0 amide bonds. The first-order valence-electron chi connectivity index (χ1n) is 8.73. The van der Waals surface area contributed by atoms with Gasteiger partial charge >= 0.3 is 0 Å². The van der Waals surface area contributed by atoms with Crippen LogP contribution in [0.4, 0.5) is 0 Å². The van der Waals surface area contributed by atoms with Crippen LogP contribution in [0.1, 0.15) is 37.3 Å². The molecule has 0 aliphatic carbocycles. The number of hydrogen-bond donors (Lipinski definition) is 0. The zero-order chi connectivity index (χ0) is 16.9. The summed E-state index contributed by atoms with van der Waals surface area (Å²) >= 11 is 1.93. The zero-order valence-electron chi connectivity index (χ0n) is 14.5. The van der Waals surface area contributed by atoms with Gasteiger partial charge in [0, 0.05) is 5.75 Å². The molecule has 2 aromatic rings. The van der Waals surface area contributed by atoms with Crippen LogP contribution in [0.25, 0.3) is 0 Å². The lowest BCUT2D eigenvalue weighted by atomic mass is 9.79. The molecule has 3 rings (SSSR count). The van der Waals surface area contributed by atoms with Gasteiger partial charge in [0.05, 0.1) is 6.61 Å². The molecule has 24 heavy (non-hydrogen) atoms. The van der Waals surface area contributed by atoms with Crippen molar-refractivity contribution in [3.05, 3.63) is 71.8 Å². The molecule has 1 heterocycles. The van der Waals surface area contributed by atoms with E-state index in [9.17, 15) is 0 Å². The van der Waals surface area contributed by atoms with E-state index in [4.69, 9.17) is 9.16 Å². The Labute approximate surface area is 152 Å². The number of hydrogen-bond acceptors (Lipinski definition) is 3. The molecule has 128 valence electrons. The van der Waals surface area contributed by atoms with Crippen molar-refractivity contribution in [3.63, 3.8) is 0 Å². The minimum absolute atomic E-state index is 0.354. The Hall–Kier alpha value is -1.07. The standard InChI is InChI=1S/C20H26O2SSi/c1-2-3-14-19(21-15-16-23-19)20(22-24,17-10-6-4-7-11-17)18-12-8-5-9-13-18/h4-13H,2-3,14-16H2,1,24H3. The Morgan fingerprint density at radius 2 is 1.67 bits per heavy atom. The second-order valence-electron chi connectivity index (χ2n) is 6.17. The van der Waals surface area contributed by atoms with E-state index in [1.807, 2.05) is 11.8 Å². The highest BCUT2D eigenvalue weighted by Gasteiger charge is 2.56. The van der Waals surface area contributed by atoms with Crippen molar-refractivity contribution in [3.8, 4) is 0 Å². The van der Waals surface area contributed by atoms with E-state index in [-0.39, 0.29) is 4.93 Å². The van der Waals surface area contributed by atoms with E-state index in [0.29, 0.717) is 10.5 Å². The molecule has 4 heteroatoms. The van der Waals surface area contributed by atoms with Gasteiger partial charge in [-0.05, 0) is 24.0 Å². The first-order chi connectivity index (χ1) is 11.8. The van der Waals surface area contributed by atoms with Gasteiger partial charge in [-0.15, -0.1) is 11.8 Å². The Morgan fingerprint density at radius 3 is 2.08 bits per heavy atom. The fraction of sp³-hybridized carbons (Fsp3) is 0.400. The summed E-state index contributed by atoms with van der Waals surface area (Å²) in [5, 5.41) is 0. The van der Waals surface area contributed by atoms with Crippen LogP contribution >= 0.6 is 11.8 Å². The quantitative estimate of drug-likeness (QED) is 0.700. The molecule has 1 unspecified atom stereocenters. The minimum Gasteiger partial charge on any atom is -0.412 e. The van der Waals surface area contributed by atoms with Crippen molar-refractivity contribution >= 4 is 22.2 Å². The van der Waals surface area contributed by atoms with Gasteiger partial charge in [-0.1, -0.05) is 74.0 Å². The molecule has 1 saturated heterocycles. The summed E-state index contributed by atoms with van der Waals surface area (Å²) in [6.07, 6.45) is 3.30. The fourth-order valence-electron chi connectivity index (χ4n) is 3.73. The third-order valence-corrected chi connectivity index (χ3v) is 6.88. The summed E-state index contributed by atoms with van der Waals surface area (Å²) in [6, 6.07) is 21.2. The molecule has 0 bridgehead atoms. The molecule has 1 atom stereocenters. The molecule has 0 spiro atoms. The largest absolute Gasteiger partial charge is 0.412 e. The molecule has 0 radical (unpaired) electrons. The molecule has 0 N–H and O–H groups in total. The smallest absolute Gasteiger partial charge is 0.150 e. The van der Waals surface area contributed by atoms with Gasteiger partial charge in [0.15, 0.2) is 0 Å². The lowest BCUT2D eigenvalue weighted by molar-refractivity contribution is -0.0878. The fourth-order valence-corrected chi connectivity index (χ4v) is 6.15. The monoisotopic (exact) mass is 358 g/mol. The van der Waals surface area contributed by atoms with Crippen LogP contribution in [-0.4, -0.2) is 27.8 Å². The lowest BCUT2D eigenvalue weighted by Gasteiger charge is -2.47. The van der Waals surface area contributed by atoms with E-state index >= 15 is 0 Å². The molecule has 0 saturated carbocycles. The van der Waals surface area contributed by atoms with Crippen molar-refractivity contribution in [2.45, 2.75) is 36.7 Å². The van der Waals surface area contributed by atoms with Gasteiger partial charge in [0.2, 0.25) is 0 Å². The van der Waals surface area contributed by atoms with Crippen molar-refractivity contribution in [1.29, 1.82) is 0 Å². The Balaban J connectivity index is 2.21. The molecular weight excluding hydrogens is 332 g/mol. The summed E-state index contributed by atoms with van der Waals surface area (Å²) in [5.41, 5.74) is 1.84. The first-order valence-corrected chi connectivity index (χ1v) is 10.5. The number of thioether (sulfide) groups is 1. The summed E-state index contributed by atoms with van der Waals surface area (Å²) < 4.78 is 13.0. The van der Waals surface area contributed by atoms with Gasteiger partial charge < -0.3 is 9.16 Å². The van der Waals surface area contributed by atoms with Crippen molar-refractivity contribution < 1.29 is 9.16 Å². The molecule has 0 aromatic heterocycles. The van der Waals surface area contributed by atoms with Gasteiger partial charge in [0.25, 0.3) is 0 Å². The lowest BCUT2D eigenvalue weighted by Crippen LogP contribution is -2.52. The molecule has 2 aromatic carbocycles. The number of rotatable bonds is 7. The molecule has 2 nitrogen and oxygen atoms in total. The van der Waals surface area contributed by atoms with E-state index in [0.717, 1.165) is 31.6 Å². The van der Waals surface area contributed by atoms with Crippen LogP contribution in [0.2, 0.25) is 0 Å². The predicted molar refractivity (Wildman–Crippen MR) is 105 cm³/mol. The Kier molecular flexibility index (Phi) is 5.82. The number of unbranched alkanes of at least 4 members (excludes halogenated alkanes) is 1. The molecule has 1 aliphatic rings. The van der Waals surface area contributed by atoms with Crippen LogP contribution in [-0.2, 0) is 14.8 Å². The third kappa shape index (κ3) is 2.97. The summed E-state index contributed by atoms with van der Waals surface area (Å²) in [4.78, 5) is -0.354. The summed E-state index contributed by atoms with van der Waals surface area (Å²) in [5.74, 6) is 1.02. The normalized spacial score (nSPS) is 21.2. The van der Waals surface area contributed by atoms with E-state index < -0.39 is 5.60 Å². The van der Waals surface area contributed by atoms with Crippen LogP contribution in [0.3, 0.4) is 0 Å². The second-order valence-corrected chi connectivity index (χ2v) is 7.94. The minimum atomic E-state index is -0.544. The average Bonchev–Trinajstić information content (AvgIpc) is 3.13. The molecular formula is C20H26O2SSi. The van der Waals surface area contributed by atoms with Crippen LogP contribution in [0.15, 0.2) is 60.7 Å². The van der Waals surface area contributed by atoms with Gasteiger partial charge in [-0.25, -0.2) is 0 Å². The van der Waals surface area contributed by atoms with Crippen molar-refractivity contribution in [2.75, 3.05) is 12.4 Å². The summed E-state index contributed by atoms with van der Waals surface area (Å²) in [6.45, 7) is 3.03. The highest BCUT2D eigenvalue weighted by molar-refractivity contribution is 8.00. The van der Waals surface area contributed by atoms with E-state index in [1.54, 1.807) is 0 Å². The van der Waals surface area contributed by atoms with Gasteiger partial charge in [-0.2, -0.15) is 0 Å². The number of benzene rings is 2. The average molecular weight is 359 g/mol. The predicted octanol–water partition coefficient (Wildman–Crippen LogP) is 3.88. The zero-order valence-corrected chi connectivity index (χ0v) is 17.4. The van der Waals surface area contributed by atoms with Crippen LogP contribution < -0.4 is 0 Å². The number of ether oxygens (including phenoxy) is 1. The maximum absolute atomic E-state index is 6.49. The van der Waals surface area contributed by atoms with Gasteiger partial charge in [0.1, 0.15) is 21.0 Å². The molecule has 1 aliphatic heterocycles. The van der Waals surface area contributed by atoms with Gasteiger partial charge in [-0.3, -0.25) is 0 Å². The van der Waals surface area contributed by atoms with Crippen molar-refractivity contribution in [1.82, 2.24) is 0 Å². The van der Waals surface area contributed by atoms with Crippen LogP contribution in [0.5, 0.6) is 0 Å². The Bertz CT molecular complexity index is 587. The summed E-state index contributed by atoms with van der Waals surface area (Å²) in [7, 11) is 0.649. The van der Waals surface area contributed by atoms with E-state index in [1.165, 1.54) is 11.1 Å². The second kappa shape index (κ2) is 7.87. The SMILES string of the molecule is CCCCC1(C(O[SiH3])(c2ccccc2)c2ccccc2)OCCS1. The molecule has 1 fully saturated rings. The van der Waals surface area contributed by atoms with Crippen LogP contribution in [0, 0.1) is 0 Å². The Morgan fingerprint density at radius 1 is 1.08 bits per heavy atom. The topological polar surface area (TPSA) is 18.5 Å². The first kappa shape index (κ1) is 17.7. The maximum atomic E-state index is 6.49. The third-order valence-electron chi connectivity index (χ3n) is 4.82. The van der Waals surface area contributed by atoms with Crippen molar-refractivity contribution in [2.24, 2.45) is 0 Å². The maximum Gasteiger partial charge on any atom is 0.150 e.